The highest BCUT2D eigenvalue weighted by Crippen LogP contribution is 2.24. The number of hydrogen-bond donors (Lipinski definition) is 1. The van der Waals surface area contributed by atoms with Crippen molar-refractivity contribution in [3.05, 3.63) is 34.9 Å². The van der Waals surface area contributed by atoms with Gasteiger partial charge < -0.3 is 10.0 Å². The van der Waals surface area contributed by atoms with Crippen LogP contribution in [0.15, 0.2) is 24.3 Å². The summed E-state index contributed by atoms with van der Waals surface area (Å²) in [5.41, 5.74) is -0.115. The van der Waals surface area contributed by atoms with Gasteiger partial charge in [-0.3, -0.25) is 4.79 Å². The number of likely N-dealkylation sites (tertiary alicyclic amines) is 1. The van der Waals surface area contributed by atoms with Gasteiger partial charge in [0, 0.05) is 13.1 Å². The number of rotatable bonds is 1. The number of halogens is 1. The van der Waals surface area contributed by atoms with Crippen molar-refractivity contribution in [2.75, 3.05) is 13.1 Å². The SMILES string of the molecule is CC1(O)CCCN(C(=O)c2ccccc2Cl)CC1. The molecule has 1 aliphatic rings. The van der Waals surface area contributed by atoms with E-state index in [-0.39, 0.29) is 5.91 Å². The van der Waals surface area contributed by atoms with Gasteiger partial charge in [-0.1, -0.05) is 23.7 Å². The van der Waals surface area contributed by atoms with Crippen molar-refractivity contribution in [3.63, 3.8) is 0 Å². The van der Waals surface area contributed by atoms with Gasteiger partial charge in [-0.25, -0.2) is 0 Å². The molecule has 1 unspecified atom stereocenters. The molecule has 4 heteroatoms. The molecule has 0 radical (unpaired) electrons. The zero-order chi connectivity index (χ0) is 13.2. The molecule has 1 aromatic carbocycles. The minimum absolute atomic E-state index is 0.0432. The summed E-state index contributed by atoms with van der Waals surface area (Å²) in [7, 11) is 0. The van der Waals surface area contributed by atoms with E-state index in [0.29, 0.717) is 30.1 Å². The monoisotopic (exact) mass is 267 g/mol. The predicted molar refractivity (Wildman–Crippen MR) is 71.8 cm³/mol. The van der Waals surface area contributed by atoms with E-state index in [4.69, 9.17) is 11.6 Å². The molecule has 2 rings (SSSR count). The van der Waals surface area contributed by atoms with Gasteiger partial charge in [0.2, 0.25) is 0 Å². The minimum Gasteiger partial charge on any atom is -0.390 e. The molecule has 1 amide bonds. The third-order valence-corrected chi connectivity index (χ3v) is 3.78. The van der Waals surface area contributed by atoms with Crippen LogP contribution in [0.4, 0.5) is 0 Å². The van der Waals surface area contributed by atoms with Crippen LogP contribution < -0.4 is 0 Å². The lowest BCUT2D eigenvalue weighted by Crippen LogP contribution is -2.33. The Bertz CT molecular complexity index is 445. The third-order valence-electron chi connectivity index (χ3n) is 3.46. The van der Waals surface area contributed by atoms with Crippen LogP contribution in [0.3, 0.4) is 0 Å². The Morgan fingerprint density at radius 3 is 2.78 bits per heavy atom. The van der Waals surface area contributed by atoms with E-state index in [0.717, 1.165) is 12.8 Å². The lowest BCUT2D eigenvalue weighted by Gasteiger charge is -2.23. The van der Waals surface area contributed by atoms with Crippen molar-refractivity contribution in [3.8, 4) is 0 Å². The average Bonchev–Trinajstić information content (AvgIpc) is 2.50. The van der Waals surface area contributed by atoms with Gasteiger partial charge in [0.05, 0.1) is 16.2 Å². The number of benzene rings is 1. The smallest absolute Gasteiger partial charge is 0.255 e. The van der Waals surface area contributed by atoms with Crippen LogP contribution in [0, 0.1) is 0 Å². The quantitative estimate of drug-likeness (QED) is 0.850. The topological polar surface area (TPSA) is 40.5 Å². The molecule has 98 valence electrons. The fraction of sp³-hybridized carbons (Fsp3) is 0.500. The van der Waals surface area contributed by atoms with Crippen molar-refractivity contribution in [2.24, 2.45) is 0 Å². The molecule has 1 atom stereocenters. The molecule has 1 N–H and O–H groups in total. The number of nitrogens with zero attached hydrogens (tertiary/aromatic N) is 1. The van der Waals surface area contributed by atoms with Gasteiger partial charge in [0.1, 0.15) is 0 Å². The molecule has 18 heavy (non-hydrogen) atoms. The largest absolute Gasteiger partial charge is 0.390 e. The zero-order valence-corrected chi connectivity index (χ0v) is 11.3. The zero-order valence-electron chi connectivity index (χ0n) is 10.5. The first-order valence-electron chi connectivity index (χ1n) is 6.26. The highest BCUT2D eigenvalue weighted by molar-refractivity contribution is 6.33. The van der Waals surface area contributed by atoms with Crippen LogP contribution in [0.5, 0.6) is 0 Å². The summed E-state index contributed by atoms with van der Waals surface area (Å²) in [6.45, 7) is 3.09. The van der Waals surface area contributed by atoms with Crippen LogP contribution >= 0.6 is 11.6 Å². The number of hydrogen-bond acceptors (Lipinski definition) is 2. The molecular formula is C14H18ClNO2. The van der Waals surface area contributed by atoms with Crippen molar-refractivity contribution >= 4 is 17.5 Å². The standard InChI is InChI=1S/C14H18ClNO2/c1-14(18)7-4-9-16(10-8-14)13(17)11-5-2-3-6-12(11)15/h2-3,5-6,18H,4,7-10H2,1H3. The Hall–Kier alpha value is -1.06. The summed E-state index contributed by atoms with van der Waals surface area (Å²) >= 11 is 6.04. The number of aliphatic hydroxyl groups is 1. The Labute approximate surface area is 112 Å². The maximum Gasteiger partial charge on any atom is 0.255 e. The molecule has 0 aliphatic carbocycles. The molecule has 1 heterocycles. The van der Waals surface area contributed by atoms with E-state index < -0.39 is 5.60 Å². The first-order chi connectivity index (χ1) is 8.49. The second-order valence-electron chi connectivity index (χ2n) is 5.12. The summed E-state index contributed by atoms with van der Waals surface area (Å²) in [5.74, 6) is -0.0432. The first kappa shape index (κ1) is 13.4. The van der Waals surface area contributed by atoms with Crippen LogP contribution in [-0.4, -0.2) is 34.6 Å². The fourth-order valence-electron chi connectivity index (χ4n) is 2.27. The molecular weight excluding hydrogens is 250 g/mol. The van der Waals surface area contributed by atoms with Gasteiger partial charge in [0.15, 0.2) is 0 Å². The molecule has 0 bridgehead atoms. The molecule has 0 aromatic heterocycles. The fourth-order valence-corrected chi connectivity index (χ4v) is 2.49. The Morgan fingerprint density at radius 1 is 1.33 bits per heavy atom. The summed E-state index contributed by atoms with van der Waals surface area (Å²) in [4.78, 5) is 14.1. The van der Waals surface area contributed by atoms with Crippen LogP contribution in [-0.2, 0) is 0 Å². The van der Waals surface area contributed by atoms with E-state index in [2.05, 4.69) is 0 Å². The number of carbonyl (C=O) groups excluding carboxylic acids is 1. The molecule has 1 aromatic rings. The third kappa shape index (κ3) is 3.03. The van der Waals surface area contributed by atoms with E-state index in [1.165, 1.54) is 0 Å². The van der Waals surface area contributed by atoms with Gasteiger partial charge in [-0.2, -0.15) is 0 Å². The van der Waals surface area contributed by atoms with E-state index in [9.17, 15) is 9.90 Å². The van der Waals surface area contributed by atoms with Crippen LogP contribution in [0.1, 0.15) is 36.5 Å². The Balaban J connectivity index is 2.13. The van der Waals surface area contributed by atoms with Crippen molar-refractivity contribution in [2.45, 2.75) is 31.8 Å². The predicted octanol–water partition coefficient (Wildman–Crippen LogP) is 2.72. The first-order valence-corrected chi connectivity index (χ1v) is 6.64. The molecule has 0 saturated carbocycles. The highest BCUT2D eigenvalue weighted by atomic mass is 35.5. The Morgan fingerprint density at radius 2 is 2.06 bits per heavy atom. The van der Waals surface area contributed by atoms with Crippen molar-refractivity contribution < 1.29 is 9.90 Å². The van der Waals surface area contributed by atoms with Gasteiger partial charge in [-0.15, -0.1) is 0 Å². The molecule has 3 nitrogen and oxygen atoms in total. The number of carbonyl (C=O) groups is 1. The summed E-state index contributed by atoms with van der Waals surface area (Å²) in [6, 6.07) is 7.09. The normalized spacial score (nSPS) is 24.7. The van der Waals surface area contributed by atoms with Gasteiger partial charge in [0.25, 0.3) is 5.91 Å². The lowest BCUT2D eigenvalue weighted by molar-refractivity contribution is 0.0438. The average molecular weight is 268 g/mol. The maximum atomic E-state index is 12.3. The van der Waals surface area contributed by atoms with Crippen molar-refractivity contribution in [1.82, 2.24) is 4.90 Å². The summed E-state index contributed by atoms with van der Waals surface area (Å²) in [5, 5.41) is 10.5. The molecule has 1 aliphatic heterocycles. The van der Waals surface area contributed by atoms with Crippen molar-refractivity contribution in [1.29, 1.82) is 0 Å². The maximum absolute atomic E-state index is 12.3. The van der Waals surface area contributed by atoms with Crippen LogP contribution in [0.25, 0.3) is 0 Å². The summed E-state index contributed by atoms with van der Waals surface area (Å²) in [6.07, 6.45) is 2.17. The second kappa shape index (κ2) is 5.29. The van der Waals surface area contributed by atoms with Gasteiger partial charge >= 0.3 is 0 Å². The highest BCUT2D eigenvalue weighted by Gasteiger charge is 2.27. The summed E-state index contributed by atoms with van der Waals surface area (Å²) < 4.78 is 0. The Kier molecular flexibility index (Phi) is 3.93. The van der Waals surface area contributed by atoms with E-state index in [1.54, 1.807) is 17.0 Å². The van der Waals surface area contributed by atoms with E-state index >= 15 is 0 Å². The van der Waals surface area contributed by atoms with E-state index in [1.807, 2.05) is 19.1 Å². The van der Waals surface area contributed by atoms with Crippen LogP contribution in [0.2, 0.25) is 5.02 Å². The molecule has 1 saturated heterocycles. The molecule has 0 spiro atoms. The minimum atomic E-state index is -0.657. The lowest BCUT2D eigenvalue weighted by atomic mass is 9.98. The second-order valence-corrected chi connectivity index (χ2v) is 5.53. The number of amides is 1. The molecule has 1 fully saturated rings. The van der Waals surface area contributed by atoms with Gasteiger partial charge in [-0.05, 0) is 38.3 Å².